The Kier molecular flexibility index (Phi) is 5.38. The Balaban J connectivity index is 1.85. The highest BCUT2D eigenvalue weighted by Crippen LogP contribution is 2.22. The molecular formula is C13H9ClINO3S. The molecule has 0 radical (unpaired) electrons. The molecule has 1 aromatic carbocycles. The molecule has 1 aromatic heterocycles. The van der Waals surface area contributed by atoms with E-state index in [2.05, 4.69) is 27.9 Å². The summed E-state index contributed by atoms with van der Waals surface area (Å²) in [5, 5.41) is 2.65. The van der Waals surface area contributed by atoms with Gasteiger partial charge in [0.1, 0.15) is 4.88 Å². The van der Waals surface area contributed by atoms with E-state index in [1.807, 2.05) is 18.2 Å². The molecule has 7 heteroatoms. The third-order valence-corrected chi connectivity index (χ3v) is 4.10. The van der Waals surface area contributed by atoms with Gasteiger partial charge >= 0.3 is 5.97 Å². The lowest BCUT2D eigenvalue weighted by Crippen LogP contribution is -2.20. The first-order chi connectivity index (χ1) is 9.54. The molecule has 0 saturated carbocycles. The van der Waals surface area contributed by atoms with Gasteiger partial charge in [0.25, 0.3) is 5.91 Å². The van der Waals surface area contributed by atoms with Crippen LogP contribution in [0.25, 0.3) is 0 Å². The minimum atomic E-state index is -0.556. The molecule has 0 bridgehead atoms. The van der Waals surface area contributed by atoms with Gasteiger partial charge in [-0.2, -0.15) is 0 Å². The van der Waals surface area contributed by atoms with Gasteiger partial charge in [-0.3, -0.25) is 4.79 Å². The molecule has 2 aromatic rings. The summed E-state index contributed by atoms with van der Waals surface area (Å²) in [6, 6.07) is 10.5. The first kappa shape index (κ1) is 15.3. The van der Waals surface area contributed by atoms with Crippen molar-refractivity contribution in [3.63, 3.8) is 0 Å². The second-order valence-corrected chi connectivity index (χ2v) is 6.70. The SMILES string of the molecule is O=C(COC(=O)c1ccc(Cl)s1)Nc1cccc(I)c1. The smallest absolute Gasteiger partial charge is 0.348 e. The molecule has 20 heavy (non-hydrogen) atoms. The van der Waals surface area contributed by atoms with Crippen LogP contribution in [0, 0.1) is 3.57 Å². The summed E-state index contributed by atoms with van der Waals surface area (Å²) in [6.45, 7) is -0.334. The second-order valence-electron chi connectivity index (χ2n) is 3.74. The van der Waals surface area contributed by atoms with Gasteiger partial charge in [0.2, 0.25) is 0 Å². The third-order valence-electron chi connectivity index (χ3n) is 2.22. The van der Waals surface area contributed by atoms with Crippen molar-refractivity contribution in [2.24, 2.45) is 0 Å². The van der Waals surface area contributed by atoms with Crippen molar-refractivity contribution < 1.29 is 14.3 Å². The van der Waals surface area contributed by atoms with Crippen LogP contribution in [0.4, 0.5) is 5.69 Å². The van der Waals surface area contributed by atoms with Crippen molar-refractivity contribution in [2.45, 2.75) is 0 Å². The number of esters is 1. The molecule has 104 valence electrons. The number of anilines is 1. The normalized spacial score (nSPS) is 10.1. The fourth-order valence-corrected chi connectivity index (χ4v) is 2.87. The van der Waals surface area contributed by atoms with E-state index in [4.69, 9.17) is 16.3 Å². The molecule has 1 N–H and O–H groups in total. The fraction of sp³-hybridized carbons (Fsp3) is 0.0769. The molecule has 0 saturated heterocycles. The van der Waals surface area contributed by atoms with E-state index >= 15 is 0 Å². The van der Waals surface area contributed by atoms with Gasteiger partial charge in [0, 0.05) is 9.26 Å². The van der Waals surface area contributed by atoms with Crippen molar-refractivity contribution in [2.75, 3.05) is 11.9 Å². The summed E-state index contributed by atoms with van der Waals surface area (Å²) in [5.74, 6) is -0.942. The van der Waals surface area contributed by atoms with Crippen LogP contribution >= 0.6 is 45.5 Å². The van der Waals surface area contributed by atoms with Gasteiger partial charge in [0.05, 0.1) is 4.34 Å². The molecule has 0 aliphatic carbocycles. The van der Waals surface area contributed by atoms with E-state index in [0.717, 1.165) is 14.9 Å². The average Bonchev–Trinajstić information content (AvgIpc) is 2.83. The fourth-order valence-electron chi connectivity index (χ4n) is 1.39. The number of benzene rings is 1. The van der Waals surface area contributed by atoms with E-state index in [0.29, 0.717) is 14.9 Å². The first-order valence-electron chi connectivity index (χ1n) is 5.52. The lowest BCUT2D eigenvalue weighted by molar-refractivity contribution is -0.119. The summed E-state index contributed by atoms with van der Waals surface area (Å²) in [5.41, 5.74) is 0.664. The van der Waals surface area contributed by atoms with Gasteiger partial charge in [0.15, 0.2) is 6.61 Å². The highest BCUT2D eigenvalue weighted by molar-refractivity contribution is 14.1. The van der Waals surface area contributed by atoms with Crippen molar-refractivity contribution in [3.8, 4) is 0 Å². The van der Waals surface area contributed by atoms with E-state index in [1.54, 1.807) is 18.2 Å². The van der Waals surface area contributed by atoms with Crippen LogP contribution in [0.1, 0.15) is 9.67 Å². The topological polar surface area (TPSA) is 55.4 Å². The predicted molar refractivity (Wildman–Crippen MR) is 87.4 cm³/mol. The van der Waals surface area contributed by atoms with Crippen LogP contribution in [0.5, 0.6) is 0 Å². The summed E-state index contributed by atoms with van der Waals surface area (Å²) < 4.78 is 6.41. The van der Waals surface area contributed by atoms with Gasteiger partial charge < -0.3 is 10.1 Å². The molecule has 4 nitrogen and oxygen atoms in total. The van der Waals surface area contributed by atoms with E-state index in [1.165, 1.54) is 0 Å². The highest BCUT2D eigenvalue weighted by atomic mass is 127. The molecule has 0 fully saturated rings. The molecule has 0 spiro atoms. The van der Waals surface area contributed by atoms with Gasteiger partial charge in [-0.1, -0.05) is 17.7 Å². The Hall–Kier alpha value is -1.12. The zero-order chi connectivity index (χ0) is 14.5. The Labute approximate surface area is 138 Å². The zero-order valence-electron chi connectivity index (χ0n) is 10.1. The molecule has 0 unspecified atom stereocenters. The number of hydrogen-bond acceptors (Lipinski definition) is 4. The predicted octanol–water partition coefficient (Wildman–Crippen LogP) is 3.80. The van der Waals surface area contributed by atoms with Gasteiger partial charge in [-0.05, 0) is 52.9 Å². The molecule has 0 aliphatic heterocycles. The van der Waals surface area contributed by atoms with Crippen LogP contribution in [-0.4, -0.2) is 18.5 Å². The minimum Gasteiger partial charge on any atom is -0.451 e. The van der Waals surface area contributed by atoms with Crippen LogP contribution < -0.4 is 5.32 Å². The number of nitrogens with one attached hydrogen (secondary N) is 1. The summed E-state index contributed by atoms with van der Waals surface area (Å²) in [6.07, 6.45) is 0. The van der Waals surface area contributed by atoms with Gasteiger partial charge in [-0.15, -0.1) is 11.3 Å². The van der Waals surface area contributed by atoms with Crippen molar-refractivity contribution >= 4 is 63.1 Å². The maximum absolute atomic E-state index is 11.7. The Bertz CT molecular complexity index is 644. The number of carbonyl (C=O) groups excluding carboxylic acids is 2. The summed E-state index contributed by atoms with van der Waals surface area (Å²) >= 11 is 8.98. The number of thiophene rings is 1. The minimum absolute atomic E-state index is 0.334. The summed E-state index contributed by atoms with van der Waals surface area (Å²) in [7, 11) is 0. The van der Waals surface area contributed by atoms with Crippen LogP contribution in [0.3, 0.4) is 0 Å². The Morgan fingerprint density at radius 1 is 1.30 bits per heavy atom. The van der Waals surface area contributed by atoms with Crippen molar-refractivity contribution in [1.82, 2.24) is 0 Å². The molecule has 1 heterocycles. The maximum atomic E-state index is 11.7. The third kappa shape index (κ3) is 4.46. The van der Waals surface area contributed by atoms with Crippen molar-refractivity contribution in [3.05, 3.63) is 49.2 Å². The number of amides is 1. The molecule has 1 amide bonds. The number of halogens is 2. The van der Waals surface area contributed by atoms with Crippen LogP contribution in [0.15, 0.2) is 36.4 Å². The van der Waals surface area contributed by atoms with E-state index in [-0.39, 0.29) is 12.5 Å². The Morgan fingerprint density at radius 3 is 2.75 bits per heavy atom. The quantitative estimate of drug-likeness (QED) is 0.603. The highest BCUT2D eigenvalue weighted by Gasteiger charge is 2.12. The van der Waals surface area contributed by atoms with Crippen LogP contribution in [0.2, 0.25) is 4.34 Å². The lowest BCUT2D eigenvalue weighted by atomic mass is 10.3. The number of ether oxygens (including phenoxy) is 1. The largest absolute Gasteiger partial charge is 0.451 e. The molecule has 0 aliphatic rings. The monoisotopic (exact) mass is 421 g/mol. The van der Waals surface area contributed by atoms with Crippen LogP contribution in [-0.2, 0) is 9.53 Å². The Morgan fingerprint density at radius 2 is 2.10 bits per heavy atom. The second kappa shape index (κ2) is 7.05. The number of hydrogen-bond donors (Lipinski definition) is 1. The van der Waals surface area contributed by atoms with E-state index in [9.17, 15) is 9.59 Å². The first-order valence-corrected chi connectivity index (χ1v) is 7.80. The maximum Gasteiger partial charge on any atom is 0.348 e. The van der Waals surface area contributed by atoms with E-state index < -0.39 is 5.97 Å². The summed E-state index contributed by atoms with van der Waals surface area (Å²) in [4.78, 5) is 23.6. The van der Waals surface area contributed by atoms with Gasteiger partial charge in [-0.25, -0.2) is 4.79 Å². The molecule has 2 rings (SSSR count). The average molecular weight is 422 g/mol. The number of carbonyl (C=O) groups is 2. The molecular weight excluding hydrogens is 413 g/mol. The van der Waals surface area contributed by atoms with Crippen molar-refractivity contribution in [1.29, 1.82) is 0 Å². The zero-order valence-corrected chi connectivity index (χ0v) is 13.8. The lowest BCUT2D eigenvalue weighted by Gasteiger charge is -2.06. The number of rotatable bonds is 4. The molecule has 0 atom stereocenters. The standard InChI is InChI=1S/C13H9ClINO3S/c14-11-5-4-10(20-11)13(18)19-7-12(17)16-9-3-1-2-8(15)6-9/h1-6H,7H2,(H,16,17).